The summed E-state index contributed by atoms with van der Waals surface area (Å²) in [6.07, 6.45) is 6.56. The van der Waals surface area contributed by atoms with Gasteiger partial charge < -0.3 is 20.3 Å². The van der Waals surface area contributed by atoms with Crippen LogP contribution in [0.1, 0.15) is 31.2 Å². The number of anilines is 2. The van der Waals surface area contributed by atoms with Crippen molar-refractivity contribution in [1.29, 1.82) is 0 Å². The van der Waals surface area contributed by atoms with Gasteiger partial charge in [-0.2, -0.15) is 4.98 Å². The molecule has 3 rings (SSSR count). The van der Waals surface area contributed by atoms with Gasteiger partial charge in [0.15, 0.2) is 0 Å². The number of methoxy groups -OCH3 is 1. The summed E-state index contributed by atoms with van der Waals surface area (Å²) < 4.78 is 6.53. The lowest BCUT2D eigenvalue weighted by molar-refractivity contribution is 0.322. The minimum atomic E-state index is 0.457. The van der Waals surface area contributed by atoms with Crippen molar-refractivity contribution >= 4 is 27.7 Å². The molecule has 0 atom stereocenters. The Labute approximate surface area is 176 Å². The van der Waals surface area contributed by atoms with Gasteiger partial charge in [0, 0.05) is 42.9 Å². The second-order valence-corrected chi connectivity index (χ2v) is 8.50. The van der Waals surface area contributed by atoms with Gasteiger partial charge in [-0.05, 0) is 62.4 Å². The summed E-state index contributed by atoms with van der Waals surface area (Å²) in [5, 5.41) is 7.12. The first-order valence-electron chi connectivity index (χ1n) is 9.85. The topological polar surface area (TPSA) is 62.3 Å². The largest absolute Gasteiger partial charge is 0.496 e. The van der Waals surface area contributed by atoms with Crippen molar-refractivity contribution in [3.05, 3.63) is 40.5 Å². The van der Waals surface area contributed by atoms with E-state index in [0.717, 1.165) is 47.9 Å². The molecule has 0 radical (unpaired) electrons. The van der Waals surface area contributed by atoms with Gasteiger partial charge in [0.05, 0.1) is 7.11 Å². The van der Waals surface area contributed by atoms with Crippen LogP contribution in [0, 0.1) is 5.92 Å². The maximum atomic E-state index is 5.45. The van der Waals surface area contributed by atoms with Gasteiger partial charge in [-0.15, -0.1) is 0 Å². The van der Waals surface area contributed by atoms with Crippen LogP contribution in [0.15, 0.2) is 34.9 Å². The quantitative estimate of drug-likeness (QED) is 0.635. The lowest BCUT2D eigenvalue weighted by Gasteiger charge is -2.29. The van der Waals surface area contributed by atoms with Crippen molar-refractivity contribution in [1.82, 2.24) is 15.3 Å². The minimum Gasteiger partial charge on any atom is -0.496 e. The van der Waals surface area contributed by atoms with E-state index in [-0.39, 0.29) is 0 Å². The third-order valence-electron chi connectivity index (χ3n) is 5.27. The fraction of sp³-hybridized carbons (Fsp3) is 0.524. The highest BCUT2D eigenvalue weighted by molar-refractivity contribution is 9.10. The molecule has 28 heavy (non-hydrogen) atoms. The second kappa shape index (κ2) is 10.1. The van der Waals surface area contributed by atoms with Crippen LogP contribution in [-0.2, 0) is 6.54 Å². The number of ether oxygens (including phenoxy) is 1. The number of aromatic nitrogens is 2. The van der Waals surface area contributed by atoms with Gasteiger partial charge in [0.25, 0.3) is 0 Å². The summed E-state index contributed by atoms with van der Waals surface area (Å²) in [4.78, 5) is 10.9. The smallest absolute Gasteiger partial charge is 0.224 e. The Hall–Kier alpha value is -1.86. The Bertz CT molecular complexity index is 762. The van der Waals surface area contributed by atoms with Gasteiger partial charge in [-0.25, -0.2) is 4.98 Å². The summed E-state index contributed by atoms with van der Waals surface area (Å²) in [6.45, 7) is 1.86. The van der Waals surface area contributed by atoms with Gasteiger partial charge in [-0.1, -0.05) is 15.9 Å². The van der Waals surface area contributed by atoms with E-state index in [0.29, 0.717) is 12.0 Å². The number of hydrogen-bond acceptors (Lipinski definition) is 6. The maximum absolute atomic E-state index is 5.45. The van der Waals surface area contributed by atoms with Gasteiger partial charge >= 0.3 is 0 Å². The number of benzene rings is 1. The second-order valence-electron chi connectivity index (χ2n) is 7.58. The van der Waals surface area contributed by atoms with E-state index >= 15 is 0 Å². The molecule has 152 valence electrons. The third kappa shape index (κ3) is 5.82. The number of hydrogen-bond donors (Lipinski definition) is 2. The summed E-state index contributed by atoms with van der Waals surface area (Å²) >= 11 is 3.54. The molecule has 0 bridgehead atoms. The molecule has 1 saturated carbocycles. The number of rotatable bonds is 8. The molecule has 0 unspecified atom stereocenters. The van der Waals surface area contributed by atoms with Gasteiger partial charge in [-0.3, -0.25) is 0 Å². The molecule has 2 N–H and O–H groups in total. The van der Waals surface area contributed by atoms with Crippen LogP contribution in [0.5, 0.6) is 5.75 Å². The molecule has 1 aromatic carbocycles. The average molecular weight is 448 g/mol. The molecule has 0 saturated heterocycles. The Kier molecular flexibility index (Phi) is 7.50. The maximum Gasteiger partial charge on any atom is 0.224 e. The summed E-state index contributed by atoms with van der Waals surface area (Å²) in [7, 11) is 5.71. The zero-order chi connectivity index (χ0) is 19.9. The van der Waals surface area contributed by atoms with Crippen molar-refractivity contribution < 1.29 is 4.74 Å². The van der Waals surface area contributed by atoms with Crippen LogP contribution in [0.2, 0.25) is 0 Å². The summed E-state index contributed by atoms with van der Waals surface area (Å²) in [5.41, 5.74) is 1.19. The molecule has 1 aliphatic carbocycles. The van der Waals surface area contributed by atoms with Crippen LogP contribution < -0.4 is 20.3 Å². The third-order valence-corrected chi connectivity index (χ3v) is 5.76. The zero-order valence-electron chi connectivity index (χ0n) is 16.9. The van der Waals surface area contributed by atoms with Crippen molar-refractivity contribution in [2.45, 2.75) is 38.3 Å². The SMILES string of the molecule is COc1ccc(Br)cc1CNC[C@H]1CC[C@@H](Nc2nccc(N(C)C)n2)CC1. The standard InChI is InChI=1S/C21H30BrN5O/c1-27(2)20-10-11-24-21(26-20)25-18-7-4-15(5-8-18)13-23-14-16-12-17(22)6-9-19(16)28-3/h6,9-12,15,18,23H,4-5,7-8,13-14H2,1-3H3,(H,24,25,26)/t15-,18+. The van der Waals surface area contributed by atoms with E-state index in [2.05, 4.69) is 42.6 Å². The molecule has 1 aromatic heterocycles. The van der Waals surface area contributed by atoms with Crippen LogP contribution in [0.4, 0.5) is 11.8 Å². The first kappa shape index (κ1) is 20.9. The van der Waals surface area contributed by atoms with Gasteiger partial charge in [0.1, 0.15) is 11.6 Å². The first-order chi connectivity index (χ1) is 13.5. The Balaban J connectivity index is 1.42. The summed E-state index contributed by atoms with van der Waals surface area (Å²) in [6, 6.07) is 8.52. The molecular formula is C21H30BrN5O. The number of halogens is 1. The van der Waals surface area contributed by atoms with Crippen LogP contribution in [0.25, 0.3) is 0 Å². The average Bonchev–Trinajstić information content (AvgIpc) is 2.70. The fourth-order valence-electron chi connectivity index (χ4n) is 3.66. The Morgan fingerprint density at radius 1 is 1.18 bits per heavy atom. The first-order valence-corrected chi connectivity index (χ1v) is 10.6. The Morgan fingerprint density at radius 2 is 1.96 bits per heavy atom. The van der Waals surface area contributed by atoms with Crippen molar-refractivity contribution in [2.75, 3.05) is 38.0 Å². The normalized spacial score (nSPS) is 19.3. The van der Waals surface area contributed by atoms with Crippen molar-refractivity contribution in [3.8, 4) is 5.75 Å². The van der Waals surface area contributed by atoms with E-state index < -0.39 is 0 Å². The van der Waals surface area contributed by atoms with E-state index in [9.17, 15) is 0 Å². The highest BCUT2D eigenvalue weighted by atomic mass is 79.9. The molecule has 0 spiro atoms. The van der Waals surface area contributed by atoms with E-state index in [1.54, 1.807) is 7.11 Å². The minimum absolute atomic E-state index is 0.457. The van der Waals surface area contributed by atoms with Crippen LogP contribution in [-0.4, -0.2) is 43.8 Å². The predicted octanol–water partition coefficient (Wildman–Crippen LogP) is 4.07. The van der Waals surface area contributed by atoms with Crippen molar-refractivity contribution in [2.24, 2.45) is 5.92 Å². The van der Waals surface area contributed by atoms with Crippen LogP contribution in [0.3, 0.4) is 0 Å². The number of nitrogens with one attached hydrogen (secondary N) is 2. The molecule has 2 aromatic rings. The van der Waals surface area contributed by atoms with E-state index in [4.69, 9.17) is 4.74 Å². The van der Waals surface area contributed by atoms with Crippen LogP contribution >= 0.6 is 15.9 Å². The lowest BCUT2D eigenvalue weighted by atomic mass is 9.86. The highest BCUT2D eigenvalue weighted by Gasteiger charge is 2.21. The lowest BCUT2D eigenvalue weighted by Crippen LogP contribution is -2.31. The molecule has 1 aliphatic rings. The molecule has 1 fully saturated rings. The van der Waals surface area contributed by atoms with E-state index in [1.807, 2.05) is 43.4 Å². The molecule has 1 heterocycles. The molecule has 6 nitrogen and oxygen atoms in total. The number of nitrogens with zero attached hydrogens (tertiary/aromatic N) is 3. The van der Waals surface area contributed by atoms with Crippen molar-refractivity contribution in [3.63, 3.8) is 0 Å². The predicted molar refractivity (Wildman–Crippen MR) is 118 cm³/mol. The van der Waals surface area contributed by atoms with Gasteiger partial charge in [0.2, 0.25) is 5.95 Å². The molecule has 7 heteroatoms. The zero-order valence-corrected chi connectivity index (χ0v) is 18.5. The summed E-state index contributed by atoms with van der Waals surface area (Å²) in [5.74, 6) is 3.31. The Morgan fingerprint density at radius 3 is 2.68 bits per heavy atom. The fourth-order valence-corrected chi connectivity index (χ4v) is 4.07. The monoisotopic (exact) mass is 447 g/mol. The molecular weight excluding hydrogens is 418 g/mol. The molecule has 0 amide bonds. The van der Waals surface area contributed by atoms with E-state index in [1.165, 1.54) is 18.4 Å². The highest BCUT2D eigenvalue weighted by Crippen LogP contribution is 2.27. The molecule has 0 aliphatic heterocycles.